The van der Waals surface area contributed by atoms with E-state index in [1.807, 2.05) is 20.8 Å². The average Bonchev–Trinajstić information content (AvgIpc) is 3.20. The zero-order valence-corrected chi connectivity index (χ0v) is 18.6. The van der Waals surface area contributed by atoms with Crippen LogP contribution in [-0.4, -0.2) is 26.7 Å². The topological polar surface area (TPSA) is 96.5 Å². The number of alkyl halides is 3. The molecule has 2 aromatic carbocycles. The highest BCUT2D eigenvalue weighted by atomic mass is 19.4. The van der Waals surface area contributed by atoms with E-state index in [1.165, 1.54) is 42.6 Å². The highest BCUT2D eigenvalue weighted by molar-refractivity contribution is 5.64. The van der Waals surface area contributed by atoms with Gasteiger partial charge in [0.25, 0.3) is 5.69 Å². The Morgan fingerprint density at radius 3 is 2.24 bits per heavy atom. The quantitative estimate of drug-likeness (QED) is 0.184. The molecule has 180 valence electrons. The van der Waals surface area contributed by atoms with Gasteiger partial charge in [-0.3, -0.25) is 10.1 Å². The molecule has 8 nitrogen and oxygen atoms in total. The maximum absolute atomic E-state index is 12.9. The summed E-state index contributed by atoms with van der Waals surface area (Å²) in [6, 6.07) is 9.59. The number of halogens is 3. The molecule has 1 atom stereocenters. The zero-order chi connectivity index (χ0) is 25.1. The number of non-ortho nitro benzene ring substituents is 1. The van der Waals surface area contributed by atoms with Gasteiger partial charge < -0.3 is 14.0 Å². The van der Waals surface area contributed by atoms with Crippen molar-refractivity contribution in [2.45, 2.75) is 39.6 Å². The van der Waals surface area contributed by atoms with E-state index in [1.54, 1.807) is 10.8 Å². The van der Waals surface area contributed by atoms with Gasteiger partial charge in [-0.1, -0.05) is 32.9 Å². The molecule has 3 aromatic rings. The normalized spacial score (nSPS) is 12.8. The first-order valence-electron chi connectivity index (χ1n) is 10.2. The molecule has 3 rings (SSSR count). The molecule has 0 spiro atoms. The number of hydrogen-bond acceptors (Lipinski definition) is 6. The van der Waals surface area contributed by atoms with Crippen molar-refractivity contribution in [1.82, 2.24) is 9.55 Å². The van der Waals surface area contributed by atoms with E-state index < -0.39 is 34.3 Å². The lowest BCUT2D eigenvalue weighted by Gasteiger charge is -2.30. The second-order valence-corrected chi connectivity index (χ2v) is 8.55. The summed E-state index contributed by atoms with van der Waals surface area (Å²) in [5.74, 6) is 0.492. The van der Waals surface area contributed by atoms with Crippen LogP contribution in [0.1, 0.15) is 26.3 Å². The van der Waals surface area contributed by atoms with Crippen molar-refractivity contribution in [3.8, 4) is 17.1 Å². The van der Waals surface area contributed by atoms with Gasteiger partial charge >= 0.3 is 12.3 Å². The van der Waals surface area contributed by atoms with Crippen LogP contribution in [0.3, 0.4) is 0 Å². The predicted molar refractivity (Wildman–Crippen MR) is 116 cm³/mol. The number of nitro groups is 1. The van der Waals surface area contributed by atoms with Crippen molar-refractivity contribution in [1.29, 1.82) is 0 Å². The summed E-state index contributed by atoms with van der Waals surface area (Å²) in [5.41, 5.74) is -0.974. The van der Waals surface area contributed by atoms with Crippen LogP contribution in [0.25, 0.3) is 11.4 Å². The fourth-order valence-corrected chi connectivity index (χ4v) is 3.06. The Hall–Kier alpha value is -3.89. The van der Waals surface area contributed by atoms with Crippen LogP contribution in [-0.2, 0) is 17.5 Å². The molecule has 0 aliphatic rings. The first-order valence-corrected chi connectivity index (χ1v) is 10.2. The van der Waals surface area contributed by atoms with Crippen molar-refractivity contribution in [3.05, 3.63) is 76.6 Å². The van der Waals surface area contributed by atoms with E-state index in [4.69, 9.17) is 9.47 Å². The van der Waals surface area contributed by atoms with E-state index in [2.05, 4.69) is 4.98 Å². The van der Waals surface area contributed by atoms with Gasteiger partial charge in [-0.2, -0.15) is 13.2 Å². The van der Waals surface area contributed by atoms with Crippen molar-refractivity contribution in [2.24, 2.45) is 5.41 Å². The van der Waals surface area contributed by atoms with Crippen LogP contribution in [0, 0.1) is 15.5 Å². The summed E-state index contributed by atoms with van der Waals surface area (Å²) in [6.45, 7) is 5.72. The first kappa shape index (κ1) is 24.7. The van der Waals surface area contributed by atoms with Gasteiger partial charge in [-0.15, -0.1) is 0 Å². The number of carbonyl (C=O) groups is 1. The summed E-state index contributed by atoms with van der Waals surface area (Å²) in [7, 11) is 0. The predicted octanol–water partition coefficient (Wildman–Crippen LogP) is 6.11. The number of carbonyl (C=O) groups excluding carboxylic acids is 1. The summed E-state index contributed by atoms with van der Waals surface area (Å²) >= 11 is 0. The molecule has 0 radical (unpaired) electrons. The molecule has 0 saturated heterocycles. The Morgan fingerprint density at radius 1 is 1.09 bits per heavy atom. The third-order valence-corrected chi connectivity index (χ3v) is 5.00. The Bertz CT molecular complexity index is 1150. The molecule has 11 heteroatoms. The number of imidazole rings is 1. The summed E-state index contributed by atoms with van der Waals surface area (Å²) in [6.07, 6.45) is -2.99. The van der Waals surface area contributed by atoms with Crippen molar-refractivity contribution in [3.63, 3.8) is 0 Å². The monoisotopic (exact) mass is 477 g/mol. The van der Waals surface area contributed by atoms with Gasteiger partial charge in [-0.05, 0) is 24.3 Å². The standard InChI is InChI=1S/C23H22F3N3O5/c1-22(2,3)19(34-21(30)33-18-10-8-17(9-11-18)29(31)32)14-28-13-12-27-20(28)15-4-6-16(7-5-15)23(24,25)26/h4-13,19H,14H2,1-3H3/t19-/m1/s1. The lowest BCUT2D eigenvalue weighted by atomic mass is 9.89. The summed E-state index contributed by atoms with van der Waals surface area (Å²) in [5, 5.41) is 10.7. The van der Waals surface area contributed by atoms with Crippen LogP contribution in [0.5, 0.6) is 5.75 Å². The van der Waals surface area contributed by atoms with Gasteiger partial charge in [0.2, 0.25) is 0 Å². The lowest BCUT2D eigenvalue weighted by Crippen LogP contribution is -2.36. The van der Waals surface area contributed by atoms with Gasteiger partial charge in [-0.25, -0.2) is 9.78 Å². The second kappa shape index (κ2) is 9.54. The van der Waals surface area contributed by atoms with Crippen molar-refractivity contribution in [2.75, 3.05) is 0 Å². The second-order valence-electron chi connectivity index (χ2n) is 8.55. The third kappa shape index (κ3) is 6.12. The maximum Gasteiger partial charge on any atom is 0.514 e. The van der Waals surface area contributed by atoms with Gasteiger partial charge in [0, 0.05) is 35.5 Å². The van der Waals surface area contributed by atoms with Crippen LogP contribution in [0.15, 0.2) is 60.9 Å². The largest absolute Gasteiger partial charge is 0.514 e. The van der Waals surface area contributed by atoms with Crippen LogP contribution in [0.2, 0.25) is 0 Å². The zero-order valence-electron chi connectivity index (χ0n) is 18.6. The molecule has 34 heavy (non-hydrogen) atoms. The van der Waals surface area contributed by atoms with E-state index in [0.717, 1.165) is 12.1 Å². The van der Waals surface area contributed by atoms with Crippen molar-refractivity contribution < 1.29 is 32.4 Å². The molecule has 1 aromatic heterocycles. The molecule has 0 saturated carbocycles. The smallest absolute Gasteiger partial charge is 0.428 e. The first-order chi connectivity index (χ1) is 15.8. The molecule has 0 bridgehead atoms. The van der Waals surface area contributed by atoms with E-state index in [9.17, 15) is 28.1 Å². The molecule has 0 amide bonds. The molecule has 0 aliphatic carbocycles. The number of rotatable bonds is 6. The highest BCUT2D eigenvalue weighted by Crippen LogP contribution is 2.31. The molecule has 0 N–H and O–H groups in total. The van der Waals surface area contributed by atoms with Gasteiger partial charge in [0.15, 0.2) is 0 Å². The highest BCUT2D eigenvalue weighted by Gasteiger charge is 2.32. The average molecular weight is 477 g/mol. The molecule has 0 fully saturated rings. The van der Waals surface area contributed by atoms with Crippen molar-refractivity contribution >= 4 is 11.8 Å². The third-order valence-electron chi connectivity index (χ3n) is 5.00. The Kier molecular flexibility index (Phi) is 6.94. The molecular weight excluding hydrogens is 455 g/mol. The lowest BCUT2D eigenvalue weighted by molar-refractivity contribution is -0.384. The summed E-state index contributed by atoms with van der Waals surface area (Å²) in [4.78, 5) is 26.8. The number of benzene rings is 2. The molecule has 0 aliphatic heterocycles. The van der Waals surface area contributed by atoms with Gasteiger partial charge in [0.05, 0.1) is 17.0 Å². The number of hydrogen-bond donors (Lipinski definition) is 0. The Balaban J connectivity index is 1.75. The number of nitro benzene ring substituents is 1. The number of aromatic nitrogens is 2. The van der Waals surface area contributed by atoms with Crippen LogP contribution >= 0.6 is 0 Å². The summed E-state index contributed by atoms with van der Waals surface area (Å²) < 4.78 is 50.9. The Morgan fingerprint density at radius 2 is 1.71 bits per heavy atom. The number of ether oxygens (including phenoxy) is 2. The minimum atomic E-state index is -4.44. The molecular formula is C23H22F3N3O5. The molecule has 0 unspecified atom stereocenters. The fourth-order valence-electron chi connectivity index (χ4n) is 3.06. The van der Waals surface area contributed by atoms with E-state index >= 15 is 0 Å². The van der Waals surface area contributed by atoms with Crippen LogP contribution < -0.4 is 4.74 Å². The molecule has 1 heterocycles. The van der Waals surface area contributed by atoms with E-state index in [0.29, 0.717) is 11.4 Å². The fraction of sp³-hybridized carbons (Fsp3) is 0.304. The minimum Gasteiger partial charge on any atom is -0.428 e. The van der Waals surface area contributed by atoms with E-state index in [-0.39, 0.29) is 18.0 Å². The van der Waals surface area contributed by atoms with Crippen LogP contribution in [0.4, 0.5) is 23.7 Å². The maximum atomic E-state index is 12.9. The minimum absolute atomic E-state index is 0.0799. The SMILES string of the molecule is CC(C)(C)[C@@H](Cn1ccnc1-c1ccc(C(F)(F)F)cc1)OC(=O)Oc1ccc([N+](=O)[O-])cc1. The Labute approximate surface area is 193 Å². The van der Waals surface area contributed by atoms with Gasteiger partial charge in [0.1, 0.15) is 17.7 Å². The number of nitrogens with zero attached hydrogens (tertiary/aromatic N) is 3.